The van der Waals surface area contributed by atoms with E-state index in [1.165, 1.54) is 4.31 Å². The van der Waals surface area contributed by atoms with Crippen LogP contribution in [0.15, 0.2) is 42.5 Å². The monoisotopic (exact) mass is 525 g/mol. The van der Waals surface area contributed by atoms with E-state index in [0.29, 0.717) is 48.1 Å². The Bertz CT molecular complexity index is 1100. The van der Waals surface area contributed by atoms with Crippen molar-refractivity contribution >= 4 is 44.8 Å². The summed E-state index contributed by atoms with van der Waals surface area (Å²) in [5.41, 5.74) is 2.71. The van der Waals surface area contributed by atoms with E-state index >= 15 is 0 Å². The van der Waals surface area contributed by atoms with Crippen LogP contribution in [0.5, 0.6) is 0 Å². The first-order chi connectivity index (χ1) is 16.3. The molecule has 0 aromatic heterocycles. The number of carbonyl (C=O) groups is 1. The molecule has 2 aromatic rings. The van der Waals surface area contributed by atoms with Gasteiger partial charge in [-0.05, 0) is 48.2 Å². The number of nitrogens with one attached hydrogen (secondary N) is 1. The molecule has 0 saturated carbocycles. The summed E-state index contributed by atoms with van der Waals surface area (Å²) in [5, 5.41) is 3.80. The molecule has 184 valence electrons. The highest BCUT2D eigenvalue weighted by molar-refractivity contribution is 7.88. The number of ether oxygens (including phenoxy) is 1. The second kappa shape index (κ2) is 11.3. The van der Waals surface area contributed by atoms with Gasteiger partial charge in [0, 0.05) is 54.4 Å². The standard InChI is InChI=1S/C24H29Cl2N3O4S/c25-21-4-3-20(23(26)15-21)17-34(31,32)29-9-7-19(8-10-29)24(30)27-16-18-1-5-22(6-2-18)28-11-13-33-14-12-28/h1-6,15,19H,7-14,16-17H2,(H,27,30). The maximum Gasteiger partial charge on any atom is 0.223 e. The van der Waals surface area contributed by atoms with Crippen molar-refractivity contribution in [3.8, 4) is 0 Å². The van der Waals surface area contributed by atoms with Crippen LogP contribution in [0.2, 0.25) is 10.0 Å². The first kappa shape index (κ1) is 25.3. The average molecular weight is 526 g/mol. The number of rotatable bonds is 7. The van der Waals surface area contributed by atoms with Gasteiger partial charge in [-0.15, -0.1) is 0 Å². The van der Waals surface area contributed by atoms with Gasteiger partial charge in [-0.2, -0.15) is 0 Å². The summed E-state index contributed by atoms with van der Waals surface area (Å²) in [6.07, 6.45) is 0.991. The first-order valence-corrected chi connectivity index (χ1v) is 13.8. The Labute approximate surface area is 211 Å². The van der Waals surface area contributed by atoms with E-state index in [4.69, 9.17) is 27.9 Å². The van der Waals surface area contributed by atoms with E-state index in [1.54, 1.807) is 18.2 Å². The number of amides is 1. The number of benzene rings is 2. The lowest BCUT2D eigenvalue weighted by Crippen LogP contribution is -2.43. The largest absolute Gasteiger partial charge is 0.378 e. The second-order valence-electron chi connectivity index (χ2n) is 8.65. The number of hydrogen-bond acceptors (Lipinski definition) is 5. The molecule has 7 nitrogen and oxygen atoms in total. The summed E-state index contributed by atoms with van der Waals surface area (Å²) in [7, 11) is -3.53. The van der Waals surface area contributed by atoms with Crippen LogP contribution < -0.4 is 10.2 Å². The number of piperidine rings is 1. The molecule has 2 aliphatic rings. The Morgan fingerprint density at radius 2 is 1.68 bits per heavy atom. The van der Waals surface area contributed by atoms with Gasteiger partial charge >= 0.3 is 0 Å². The predicted molar refractivity (Wildman–Crippen MR) is 135 cm³/mol. The average Bonchev–Trinajstić information content (AvgIpc) is 2.85. The van der Waals surface area contributed by atoms with E-state index in [1.807, 2.05) is 12.1 Å². The van der Waals surface area contributed by atoms with E-state index in [-0.39, 0.29) is 17.6 Å². The normalized spacial score (nSPS) is 18.1. The molecule has 34 heavy (non-hydrogen) atoms. The maximum atomic E-state index is 12.8. The molecule has 0 bridgehead atoms. The Hall–Kier alpha value is -1.84. The van der Waals surface area contributed by atoms with Crippen molar-refractivity contribution in [3.63, 3.8) is 0 Å². The van der Waals surface area contributed by atoms with Gasteiger partial charge in [0.1, 0.15) is 0 Å². The van der Waals surface area contributed by atoms with Crippen LogP contribution in [0, 0.1) is 5.92 Å². The fourth-order valence-corrected chi connectivity index (χ4v) is 6.45. The Morgan fingerprint density at radius 1 is 1.00 bits per heavy atom. The molecule has 0 aliphatic carbocycles. The fourth-order valence-electron chi connectivity index (χ4n) is 4.30. The zero-order valence-corrected chi connectivity index (χ0v) is 21.2. The molecule has 0 spiro atoms. The first-order valence-electron chi connectivity index (χ1n) is 11.4. The minimum Gasteiger partial charge on any atom is -0.378 e. The lowest BCUT2D eigenvalue weighted by molar-refractivity contribution is -0.126. The molecule has 4 rings (SSSR count). The number of anilines is 1. The van der Waals surface area contributed by atoms with Crippen molar-refractivity contribution in [2.24, 2.45) is 5.92 Å². The fraction of sp³-hybridized carbons (Fsp3) is 0.458. The zero-order chi connectivity index (χ0) is 24.1. The van der Waals surface area contributed by atoms with Crippen LogP contribution in [0.25, 0.3) is 0 Å². The van der Waals surface area contributed by atoms with E-state index in [9.17, 15) is 13.2 Å². The molecule has 2 aliphatic heterocycles. The highest BCUT2D eigenvalue weighted by Crippen LogP contribution is 2.26. The van der Waals surface area contributed by atoms with E-state index in [2.05, 4.69) is 22.3 Å². The van der Waals surface area contributed by atoms with Gasteiger partial charge in [-0.3, -0.25) is 4.79 Å². The van der Waals surface area contributed by atoms with Crippen molar-refractivity contribution < 1.29 is 17.9 Å². The summed E-state index contributed by atoms with van der Waals surface area (Å²) >= 11 is 12.0. The zero-order valence-electron chi connectivity index (χ0n) is 18.9. The van der Waals surface area contributed by atoms with Crippen molar-refractivity contribution in [3.05, 3.63) is 63.6 Å². The Kier molecular flexibility index (Phi) is 8.37. The number of halogens is 2. The van der Waals surface area contributed by atoms with Gasteiger partial charge in [-0.25, -0.2) is 12.7 Å². The minimum atomic E-state index is -3.53. The maximum absolute atomic E-state index is 12.8. The van der Waals surface area contributed by atoms with E-state index < -0.39 is 10.0 Å². The molecule has 0 radical (unpaired) electrons. The summed E-state index contributed by atoms with van der Waals surface area (Å²) in [6, 6.07) is 13.0. The Morgan fingerprint density at radius 3 is 2.32 bits per heavy atom. The van der Waals surface area contributed by atoms with Gasteiger partial charge in [0.05, 0.1) is 19.0 Å². The molecular weight excluding hydrogens is 497 g/mol. The third-order valence-electron chi connectivity index (χ3n) is 6.35. The van der Waals surface area contributed by atoms with Crippen molar-refractivity contribution in [2.75, 3.05) is 44.3 Å². The predicted octanol–water partition coefficient (Wildman–Crippen LogP) is 3.69. The number of hydrogen-bond donors (Lipinski definition) is 1. The van der Waals surface area contributed by atoms with Crippen LogP contribution in [-0.2, 0) is 31.9 Å². The Balaban J connectivity index is 1.24. The molecule has 1 N–H and O–H groups in total. The third kappa shape index (κ3) is 6.43. The highest BCUT2D eigenvalue weighted by atomic mass is 35.5. The van der Waals surface area contributed by atoms with Crippen LogP contribution in [0.4, 0.5) is 5.69 Å². The molecule has 2 saturated heterocycles. The van der Waals surface area contributed by atoms with Gasteiger partial charge in [0.25, 0.3) is 0 Å². The lowest BCUT2D eigenvalue weighted by atomic mass is 9.97. The van der Waals surface area contributed by atoms with Gasteiger partial charge in [0.2, 0.25) is 15.9 Å². The summed E-state index contributed by atoms with van der Waals surface area (Å²) < 4.78 is 32.5. The van der Waals surface area contributed by atoms with Crippen LogP contribution in [0.1, 0.15) is 24.0 Å². The topological polar surface area (TPSA) is 79.0 Å². The molecule has 0 atom stereocenters. The third-order valence-corrected chi connectivity index (χ3v) is 8.77. The quantitative estimate of drug-likeness (QED) is 0.596. The highest BCUT2D eigenvalue weighted by Gasteiger charge is 2.31. The van der Waals surface area contributed by atoms with E-state index in [0.717, 1.165) is 37.6 Å². The molecule has 2 fully saturated rings. The number of sulfonamides is 1. The molecule has 10 heteroatoms. The van der Waals surface area contributed by atoms with Gasteiger partial charge < -0.3 is 15.0 Å². The van der Waals surface area contributed by atoms with Crippen LogP contribution in [-0.4, -0.2) is 58.0 Å². The molecule has 0 unspecified atom stereocenters. The minimum absolute atomic E-state index is 0.0324. The molecule has 2 aromatic carbocycles. The van der Waals surface area contributed by atoms with Crippen molar-refractivity contribution in [1.82, 2.24) is 9.62 Å². The summed E-state index contributed by atoms with van der Waals surface area (Å²) in [6.45, 7) is 4.35. The van der Waals surface area contributed by atoms with Crippen molar-refractivity contribution in [1.29, 1.82) is 0 Å². The lowest BCUT2D eigenvalue weighted by Gasteiger charge is -2.30. The van der Waals surface area contributed by atoms with Crippen LogP contribution in [0.3, 0.4) is 0 Å². The number of carbonyl (C=O) groups excluding carboxylic acids is 1. The SMILES string of the molecule is O=C(NCc1ccc(N2CCOCC2)cc1)C1CCN(S(=O)(=O)Cc2ccc(Cl)cc2Cl)CC1. The summed E-state index contributed by atoms with van der Waals surface area (Å²) in [5.74, 6) is -0.409. The molecule has 1 amide bonds. The molecular formula is C24H29Cl2N3O4S. The smallest absolute Gasteiger partial charge is 0.223 e. The van der Waals surface area contributed by atoms with Gasteiger partial charge in [-0.1, -0.05) is 41.4 Å². The number of morpholine rings is 1. The second-order valence-corrected chi connectivity index (χ2v) is 11.5. The summed E-state index contributed by atoms with van der Waals surface area (Å²) in [4.78, 5) is 15.0. The van der Waals surface area contributed by atoms with Crippen LogP contribution >= 0.6 is 23.2 Å². The molecule has 2 heterocycles. The number of nitrogens with zero attached hydrogens (tertiary/aromatic N) is 2. The van der Waals surface area contributed by atoms with Gasteiger partial charge in [0.15, 0.2) is 0 Å². The van der Waals surface area contributed by atoms with Crippen molar-refractivity contribution in [2.45, 2.75) is 25.1 Å².